The molecule has 1 N–H and O–H groups in total. The molecule has 3 rings (SSSR count). The molecule has 0 aliphatic carbocycles. The fraction of sp³-hybridized carbons (Fsp3) is 0.296. The van der Waals surface area contributed by atoms with Crippen molar-refractivity contribution in [2.45, 2.75) is 24.7 Å². The lowest BCUT2D eigenvalue weighted by atomic mass is 10.1. The van der Waals surface area contributed by atoms with Gasteiger partial charge < -0.3 is 19.5 Å². The van der Waals surface area contributed by atoms with Crippen molar-refractivity contribution >= 4 is 37.5 Å². The Morgan fingerprint density at radius 3 is 2.16 bits per heavy atom. The van der Waals surface area contributed by atoms with Crippen molar-refractivity contribution in [2.75, 3.05) is 38.7 Å². The quantitative estimate of drug-likeness (QED) is 0.306. The number of halogens is 1. The van der Waals surface area contributed by atoms with E-state index in [0.717, 1.165) is 15.4 Å². The van der Waals surface area contributed by atoms with Gasteiger partial charge in [0.25, 0.3) is 10.0 Å². The molecule has 0 aliphatic rings. The van der Waals surface area contributed by atoms with Crippen molar-refractivity contribution in [2.24, 2.45) is 0 Å². The second kappa shape index (κ2) is 12.8. The van der Waals surface area contributed by atoms with E-state index in [4.69, 9.17) is 14.2 Å². The van der Waals surface area contributed by atoms with E-state index in [0.29, 0.717) is 46.8 Å². The maximum Gasteiger partial charge on any atom is 0.264 e. The monoisotopic (exact) mass is 590 g/mol. The Bertz CT molecular complexity index is 1330. The molecule has 0 aliphatic heterocycles. The van der Waals surface area contributed by atoms with Crippen LogP contribution in [0.25, 0.3) is 0 Å². The molecule has 0 aromatic heterocycles. The normalized spacial score (nSPS) is 11.1. The first-order valence-electron chi connectivity index (χ1n) is 11.6. The number of hydrogen-bond acceptors (Lipinski definition) is 6. The van der Waals surface area contributed by atoms with Gasteiger partial charge in [-0.1, -0.05) is 23.8 Å². The Balaban J connectivity index is 1.71. The lowest BCUT2D eigenvalue weighted by molar-refractivity contribution is -0.119. The summed E-state index contributed by atoms with van der Waals surface area (Å²) in [7, 11) is 0.634. The molecule has 8 nitrogen and oxygen atoms in total. The van der Waals surface area contributed by atoms with Crippen molar-refractivity contribution in [3.8, 4) is 17.2 Å². The summed E-state index contributed by atoms with van der Waals surface area (Å²) >= 11 is 3.34. The molecule has 0 saturated heterocycles. The van der Waals surface area contributed by atoms with Gasteiger partial charge >= 0.3 is 0 Å². The summed E-state index contributed by atoms with van der Waals surface area (Å²) in [4.78, 5) is 12.9. The first-order chi connectivity index (χ1) is 17.7. The first kappa shape index (κ1) is 28.3. The van der Waals surface area contributed by atoms with Crippen molar-refractivity contribution in [3.05, 3.63) is 76.3 Å². The number of aryl methyl sites for hydroxylation is 2. The average molecular weight is 592 g/mol. The number of nitrogens with zero attached hydrogens (tertiary/aromatic N) is 1. The smallest absolute Gasteiger partial charge is 0.264 e. The summed E-state index contributed by atoms with van der Waals surface area (Å²) in [5.41, 5.74) is 2.42. The molecule has 0 heterocycles. The summed E-state index contributed by atoms with van der Waals surface area (Å²) in [6, 6.07) is 17.2. The number of amides is 1. The molecule has 3 aromatic carbocycles. The molecule has 0 fully saturated rings. The molecule has 0 radical (unpaired) electrons. The van der Waals surface area contributed by atoms with Crippen LogP contribution in [0.4, 0.5) is 5.69 Å². The van der Waals surface area contributed by atoms with E-state index >= 15 is 0 Å². The first-order valence-corrected chi connectivity index (χ1v) is 13.8. The number of carbonyl (C=O) groups is 1. The van der Waals surface area contributed by atoms with Crippen molar-refractivity contribution < 1.29 is 27.4 Å². The molecule has 3 aromatic rings. The van der Waals surface area contributed by atoms with Crippen LogP contribution in [0.3, 0.4) is 0 Å². The van der Waals surface area contributed by atoms with Gasteiger partial charge in [-0.25, -0.2) is 8.42 Å². The van der Waals surface area contributed by atoms with Gasteiger partial charge in [-0.2, -0.15) is 0 Å². The van der Waals surface area contributed by atoms with Crippen molar-refractivity contribution in [3.63, 3.8) is 0 Å². The standard InChI is InChI=1S/C27H31BrN2O6S/c1-19-7-10-21(11-8-19)30(37(32,33)22-12-14-24(34-2)23(28)17-22)18-27(31)29-15-5-6-20-9-13-25(35-3)26(16-20)36-4/h7-14,16-17H,5-6,15,18H2,1-4H3,(H,29,31). The maximum atomic E-state index is 13.6. The third kappa shape index (κ3) is 7.17. The zero-order valence-corrected chi connectivity index (χ0v) is 23.7. The Morgan fingerprint density at radius 2 is 1.54 bits per heavy atom. The molecule has 0 spiro atoms. The van der Waals surface area contributed by atoms with Crippen LogP contribution in [0, 0.1) is 6.92 Å². The minimum absolute atomic E-state index is 0.0435. The average Bonchev–Trinajstić information content (AvgIpc) is 2.90. The zero-order valence-electron chi connectivity index (χ0n) is 21.3. The summed E-state index contributed by atoms with van der Waals surface area (Å²) < 4.78 is 44.6. The van der Waals surface area contributed by atoms with Crippen molar-refractivity contribution in [1.82, 2.24) is 5.32 Å². The van der Waals surface area contributed by atoms with Gasteiger partial charge in [0.15, 0.2) is 11.5 Å². The van der Waals surface area contributed by atoms with Crippen LogP contribution in [-0.2, 0) is 21.2 Å². The van der Waals surface area contributed by atoms with Gasteiger partial charge in [0, 0.05) is 6.54 Å². The Labute approximate surface area is 226 Å². The number of nitrogens with one attached hydrogen (secondary N) is 1. The highest BCUT2D eigenvalue weighted by molar-refractivity contribution is 9.10. The number of anilines is 1. The summed E-state index contributed by atoms with van der Waals surface area (Å²) in [5, 5.41) is 2.84. The number of ether oxygens (including phenoxy) is 3. The molecular weight excluding hydrogens is 560 g/mol. The Hall–Kier alpha value is -3.24. The van der Waals surface area contributed by atoms with E-state index in [9.17, 15) is 13.2 Å². The highest BCUT2D eigenvalue weighted by Gasteiger charge is 2.28. The molecule has 198 valence electrons. The minimum atomic E-state index is -4.04. The van der Waals surface area contributed by atoms with Gasteiger partial charge in [-0.05, 0) is 83.7 Å². The molecule has 0 unspecified atom stereocenters. The largest absolute Gasteiger partial charge is 0.496 e. The summed E-state index contributed by atoms with van der Waals surface area (Å²) in [6.07, 6.45) is 1.38. The maximum absolute atomic E-state index is 13.6. The summed E-state index contributed by atoms with van der Waals surface area (Å²) in [5.74, 6) is 1.41. The molecular formula is C27H31BrN2O6S. The second-order valence-corrected chi connectivity index (χ2v) is 11.0. The predicted octanol–water partition coefficient (Wildman–Crippen LogP) is 4.73. The molecule has 10 heteroatoms. The topological polar surface area (TPSA) is 94.2 Å². The van der Waals surface area contributed by atoms with Crippen LogP contribution in [0.2, 0.25) is 0 Å². The Kier molecular flexibility index (Phi) is 9.82. The van der Waals surface area contributed by atoms with Crippen LogP contribution in [0.1, 0.15) is 17.5 Å². The van der Waals surface area contributed by atoms with E-state index in [1.807, 2.05) is 37.3 Å². The number of benzene rings is 3. The SMILES string of the molecule is COc1ccc(S(=O)(=O)N(CC(=O)NCCCc2ccc(OC)c(OC)c2)c2ccc(C)cc2)cc1Br. The lowest BCUT2D eigenvalue weighted by Gasteiger charge is -2.24. The van der Waals surface area contributed by atoms with E-state index < -0.39 is 15.9 Å². The highest BCUT2D eigenvalue weighted by Crippen LogP contribution is 2.31. The molecule has 0 bridgehead atoms. The molecule has 37 heavy (non-hydrogen) atoms. The number of sulfonamides is 1. The van der Waals surface area contributed by atoms with Crippen molar-refractivity contribution in [1.29, 1.82) is 0 Å². The predicted molar refractivity (Wildman–Crippen MR) is 147 cm³/mol. The van der Waals surface area contributed by atoms with Crippen LogP contribution in [-0.4, -0.2) is 48.7 Å². The number of methoxy groups -OCH3 is 3. The van der Waals surface area contributed by atoms with Crippen LogP contribution in [0.5, 0.6) is 17.2 Å². The second-order valence-electron chi connectivity index (χ2n) is 8.29. The van der Waals surface area contributed by atoms with Gasteiger partial charge in [0.1, 0.15) is 12.3 Å². The summed E-state index contributed by atoms with van der Waals surface area (Å²) in [6.45, 7) is 1.95. The van der Waals surface area contributed by atoms with Crippen LogP contribution >= 0.6 is 15.9 Å². The highest BCUT2D eigenvalue weighted by atomic mass is 79.9. The number of hydrogen-bond donors (Lipinski definition) is 1. The van der Waals surface area contributed by atoms with Gasteiger partial charge in [0.05, 0.1) is 36.4 Å². The zero-order chi connectivity index (χ0) is 27.0. The number of rotatable bonds is 12. The van der Waals surface area contributed by atoms with Crippen LogP contribution < -0.4 is 23.8 Å². The van der Waals surface area contributed by atoms with Gasteiger partial charge in [-0.15, -0.1) is 0 Å². The van der Waals surface area contributed by atoms with E-state index in [1.165, 1.54) is 19.2 Å². The van der Waals surface area contributed by atoms with Gasteiger partial charge in [0.2, 0.25) is 5.91 Å². The van der Waals surface area contributed by atoms with E-state index in [2.05, 4.69) is 21.2 Å². The third-order valence-corrected chi connectivity index (χ3v) is 8.12. The fourth-order valence-electron chi connectivity index (χ4n) is 3.70. The fourth-order valence-corrected chi connectivity index (χ4v) is 5.84. The lowest BCUT2D eigenvalue weighted by Crippen LogP contribution is -2.41. The number of carbonyl (C=O) groups excluding carboxylic acids is 1. The minimum Gasteiger partial charge on any atom is -0.496 e. The van der Waals surface area contributed by atoms with Crippen LogP contribution in [0.15, 0.2) is 70.0 Å². The van der Waals surface area contributed by atoms with E-state index in [1.54, 1.807) is 32.4 Å². The molecule has 0 atom stereocenters. The molecule has 1 amide bonds. The molecule has 0 saturated carbocycles. The Morgan fingerprint density at radius 1 is 0.892 bits per heavy atom. The van der Waals surface area contributed by atoms with Gasteiger partial charge in [-0.3, -0.25) is 9.10 Å². The van der Waals surface area contributed by atoms with E-state index in [-0.39, 0.29) is 11.4 Å². The third-order valence-electron chi connectivity index (χ3n) is 5.73.